The first-order valence-electron chi connectivity index (χ1n) is 5.94. The van der Waals surface area contributed by atoms with Crippen LogP contribution in [-0.2, 0) is 9.84 Å². The summed E-state index contributed by atoms with van der Waals surface area (Å²) in [7, 11) is -3.21. The van der Waals surface area contributed by atoms with Crippen molar-refractivity contribution in [3.8, 4) is 0 Å². The van der Waals surface area contributed by atoms with Gasteiger partial charge in [-0.25, -0.2) is 19.2 Å². The van der Waals surface area contributed by atoms with Crippen LogP contribution in [0.3, 0.4) is 0 Å². The first-order chi connectivity index (χ1) is 8.82. The Hall–Kier alpha value is -1.66. The molecule has 19 heavy (non-hydrogen) atoms. The summed E-state index contributed by atoms with van der Waals surface area (Å²) >= 11 is 0. The molecule has 0 atom stereocenters. The summed E-state index contributed by atoms with van der Waals surface area (Å²) in [6, 6.07) is 6.82. The Morgan fingerprint density at radius 2 is 1.95 bits per heavy atom. The van der Waals surface area contributed by atoms with Gasteiger partial charge >= 0.3 is 0 Å². The minimum absolute atomic E-state index is 0.241. The van der Waals surface area contributed by atoms with E-state index in [0.29, 0.717) is 16.2 Å². The van der Waals surface area contributed by atoms with E-state index < -0.39 is 9.84 Å². The number of nitrogens with one attached hydrogen (secondary N) is 1. The number of benzene rings is 1. The summed E-state index contributed by atoms with van der Waals surface area (Å²) in [5, 5.41) is 0.797. The van der Waals surface area contributed by atoms with Gasteiger partial charge < -0.3 is 5.43 Å². The Morgan fingerprint density at radius 1 is 1.26 bits per heavy atom. The van der Waals surface area contributed by atoms with Crippen LogP contribution in [0.2, 0.25) is 0 Å². The number of aromatic nitrogens is 1. The molecule has 0 fully saturated rings. The van der Waals surface area contributed by atoms with Gasteiger partial charge in [0, 0.05) is 11.6 Å². The third-order valence-corrected chi connectivity index (χ3v) is 4.11. The summed E-state index contributed by atoms with van der Waals surface area (Å²) in [4.78, 5) is 4.70. The van der Waals surface area contributed by atoms with Crippen molar-refractivity contribution in [1.29, 1.82) is 0 Å². The second-order valence-electron chi connectivity index (χ2n) is 4.85. The van der Waals surface area contributed by atoms with E-state index in [4.69, 9.17) is 5.84 Å². The normalized spacial score (nSPS) is 12.1. The average Bonchev–Trinajstić information content (AvgIpc) is 2.35. The van der Waals surface area contributed by atoms with Gasteiger partial charge in [0.25, 0.3) is 0 Å². The van der Waals surface area contributed by atoms with E-state index in [1.165, 1.54) is 6.26 Å². The van der Waals surface area contributed by atoms with Crippen LogP contribution in [0, 0.1) is 0 Å². The second kappa shape index (κ2) is 4.79. The van der Waals surface area contributed by atoms with Crippen molar-refractivity contribution in [2.75, 3.05) is 11.7 Å². The largest absolute Gasteiger partial charge is 0.308 e. The van der Waals surface area contributed by atoms with Gasteiger partial charge in [-0.3, -0.25) is 0 Å². The number of rotatable bonds is 3. The molecule has 2 aromatic rings. The predicted octanol–water partition coefficient (Wildman–Crippen LogP) is 2.05. The van der Waals surface area contributed by atoms with Crippen molar-refractivity contribution in [3.05, 3.63) is 29.8 Å². The van der Waals surface area contributed by atoms with Gasteiger partial charge in [-0.2, -0.15) is 0 Å². The van der Waals surface area contributed by atoms with E-state index >= 15 is 0 Å². The maximum absolute atomic E-state index is 11.6. The third-order valence-electron chi connectivity index (χ3n) is 3.00. The number of anilines is 1. The molecule has 6 heteroatoms. The summed E-state index contributed by atoms with van der Waals surface area (Å²) in [5.41, 5.74) is 4.26. The first kappa shape index (κ1) is 13.8. The van der Waals surface area contributed by atoms with Crippen molar-refractivity contribution in [1.82, 2.24) is 4.98 Å². The van der Waals surface area contributed by atoms with Crippen LogP contribution < -0.4 is 11.3 Å². The maximum Gasteiger partial charge on any atom is 0.175 e. The molecular formula is C13H17N3O2S. The number of hydrazine groups is 1. The Balaban J connectivity index is 2.73. The lowest BCUT2D eigenvalue weighted by Gasteiger charge is -2.13. The Bertz CT molecular complexity index is 724. The van der Waals surface area contributed by atoms with E-state index in [2.05, 4.69) is 10.4 Å². The fourth-order valence-electron chi connectivity index (χ4n) is 1.96. The van der Waals surface area contributed by atoms with Crippen molar-refractivity contribution < 1.29 is 8.42 Å². The third kappa shape index (κ3) is 2.69. The summed E-state index contributed by atoms with van der Waals surface area (Å²) in [6.07, 6.45) is 1.20. The predicted molar refractivity (Wildman–Crippen MR) is 76.8 cm³/mol. The molecule has 0 unspecified atom stereocenters. The lowest BCUT2D eigenvalue weighted by molar-refractivity contribution is 0.602. The van der Waals surface area contributed by atoms with Gasteiger partial charge in [-0.05, 0) is 35.7 Å². The molecule has 0 aliphatic carbocycles. The van der Waals surface area contributed by atoms with Crippen molar-refractivity contribution >= 4 is 26.6 Å². The summed E-state index contributed by atoms with van der Waals surface area (Å²) in [5.74, 6) is 6.33. The van der Waals surface area contributed by atoms with E-state index in [1.807, 2.05) is 19.9 Å². The van der Waals surface area contributed by atoms with Crippen LogP contribution in [0.4, 0.5) is 5.82 Å². The number of sulfone groups is 1. The Labute approximate surface area is 112 Å². The molecule has 0 amide bonds. The van der Waals surface area contributed by atoms with Crippen molar-refractivity contribution in [3.63, 3.8) is 0 Å². The highest BCUT2D eigenvalue weighted by Crippen LogP contribution is 2.27. The van der Waals surface area contributed by atoms with E-state index in [0.717, 1.165) is 10.9 Å². The summed E-state index contributed by atoms with van der Waals surface area (Å²) < 4.78 is 23.1. The zero-order valence-corrected chi connectivity index (χ0v) is 12.0. The lowest BCUT2D eigenvalue weighted by atomic mass is 10.0. The molecule has 0 saturated carbocycles. The van der Waals surface area contributed by atoms with Crippen molar-refractivity contribution in [2.24, 2.45) is 5.84 Å². The number of nitrogens with two attached hydrogens (primary N) is 1. The number of pyridine rings is 1. The number of fused-ring (bicyclic) bond motifs is 1. The monoisotopic (exact) mass is 279 g/mol. The average molecular weight is 279 g/mol. The lowest BCUT2D eigenvalue weighted by Crippen LogP contribution is -2.12. The molecule has 5 nitrogen and oxygen atoms in total. The number of nitrogens with zero attached hydrogens (tertiary/aromatic N) is 1. The highest BCUT2D eigenvalue weighted by atomic mass is 32.2. The molecule has 102 valence electrons. The van der Waals surface area contributed by atoms with Gasteiger partial charge in [0.1, 0.15) is 5.82 Å². The molecule has 0 spiro atoms. The minimum Gasteiger partial charge on any atom is -0.308 e. The van der Waals surface area contributed by atoms with Crippen molar-refractivity contribution in [2.45, 2.75) is 24.7 Å². The van der Waals surface area contributed by atoms with Gasteiger partial charge in [0.15, 0.2) is 9.84 Å². The van der Waals surface area contributed by atoms with E-state index in [-0.39, 0.29) is 5.92 Å². The molecule has 0 aliphatic heterocycles. The molecule has 1 aromatic carbocycles. The Kier molecular flexibility index (Phi) is 3.47. The molecule has 1 heterocycles. The van der Waals surface area contributed by atoms with Gasteiger partial charge in [0.2, 0.25) is 0 Å². The Morgan fingerprint density at radius 3 is 2.47 bits per heavy atom. The van der Waals surface area contributed by atoms with Crippen LogP contribution in [0.5, 0.6) is 0 Å². The van der Waals surface area contributed by atoms with Crippen LogP contribution in [0.1, 0.15) is 25.3 Å². The van der Waals surface area contributed by atoms with Crippen LogP contribution in [-0.4, -0.2) is 19.7 Å². The zero-order valence-electron chi connectivity index (χ0n) is 11.1. The maximum atomic E-state index is 11.6. The smallest absolute Gasteiger partial charge is 0.175 e. The molecule has 2 rings (SSSR count). The molecule has 0 radical (unpaired) electrons. The number of hydrogen-bond acceptors (Lipinski definition) is 5. The molecule has 0 aliphatic rings. The topological polar surface area (TPSA) is 85.1 Å². The van der Waals surface area contributed by atoms with E-state index in [1.54, 1.807) is 18.2 Å². The minimum atomic E-state index is -3.21. The molecular weight excluding hydrogens is 262 g/mol. The van der Waals surface area contributed by atoms with Gasteiger partial charge in [0.05, 0.1) is 10.4 Å². The molecule has 0 bridgehead atoms. The van der Waals surface area contributed by atoms with E-state index in [9.17, 15) is 8.42 Å². The fourth-order valence-corrected chi connectivity index (χ4v) is 2.61. The highest BCUT2D eigenvalue weighted by molar-refractivity contribution is 7.90. The van der Waals surface area contributed by atoms with Crippen LogP contribution in [0.15, 0.2) is 29.2 Å². The number of nitrogen functional groups attached to an aromatic ring is 1. The summed E-state index contributed by atoms with van der Waals surface area (Å²) in [6.45, 7) is 4.06. The SMILES string of the molecule is CC(C)c1cc2cc(S(C)(=O)=O)ccc2nc1NN. The molecule has 3 N–H and O–H groups in total. The quantitative estimate of drug-likeness (QED) is 0.663. The first-order valence-corrected chi connectivity index (χ1v) is 7.83. The fraction of sp³-hybridized carbons (Fsp3) is 0.308. The van der Waals surface area contributed by atoms with Crippen LogP contribution >= 0.6 is 0 Å². The highest BCUT2D eigenvalue weighted by Gasteiger charge is 2.12. The zero-order chi connectivity index (χ0) is 14.2. The van der Waals surface area contributed by atoms with Gasteiger partial charge in [-0.1, -0.05) is 13.8 Å². The van der Waals surface area contributed by atoms with Gasteiger partial charge in [-0.15, -0.1) is 0 Å². The molecule has 0 saturated heterocycles. The molecule has 1 aromatic heterocycles. The number of hydrogen-bond donors (Lipinski definition) is 2. The standard InChI is InChI=1S/C13H17N3O2S/c1-8(2)11-7-9-6-10(19(3,17)18)4-5-12(9)15-13(11)16-14/h4-8H,14H2,1-3H3,(H,15,16). The van der Waals surface area contributed by atoms with Crippen LogP contribution in [0.25, 0.3) is 10.9 Å². The second-order valence-corrected chi connectivity index (χ2v) is 6.87.